The van der Waals surface area contributed by atoms with Crippen LogP contribution in [0.1, 0.15) is 37.8 Å². The van der Waals surface area contributed by atoms with Gasteiger partial charge in [0.2, 0.25) is 0 Å². The number of amides is 2. The van der Waals surface area contributed by atoms with Crippen LogP contribution in [0.3, 0.4) is 0 Å². The molecular weight excluding hydrogens is 536 g/mol. The Morgan fingerprint density at radius 1 is 0.925 bits per heavy atom. The molecule has 1 aliphatic carbocycles. The normalized spacial score (nSPS) is 13.7. The Hall–Kier alpha value is -3.99. The molecule has 11 heteroatoms. The molecule has 0 aliphatic heterocycles. The Morgan fingerprint density at radius 2 is 1.48 bits per heavy atom. The predicted octanol–water partition coefficient (Wildman–Crippen LogP) is 4.33. The van der Waals surface area contributed by atoms with Crippen LogP contribution in [0.2, 0.25) is 0 Å². The molecule has 10 nitrogen and oxygen atoms in total. The van der Waals surface area contributed by atoms with Crippen molar-refractivity contribution in [3.8, 4) is 11.1 Å². The number of carbonyl (C=O) groups excluding carboxylic acids is 3. The quantitative estimate of drug-likeness (QED) is 0.193. The Labute approximate surface area is 237 Å². The van der Waals surface area contributed by atoms with E-state index in [0.717, 1.165) is 34.0 Å². The lowest BCUT2D eigenvalue weighted by molar-refractivity contribution is -0.144. The summed E-state index contributed by atoms with van der Waals surface area (Å²) < 4.78 is 15.7. The maximum Gasteiger partial charge on any atom is 0.408 e. The van der Waals surface area contributed by atoms with Gasteiger partial charge < -0.3 is 30.0 Å². The third-order valence-corrected chi connectivity index (χ3v) is 6.96. The zero-order valence-corrected chi connectivity index (χ0v) is 23.5. The van der Waals surface area contributed by atoms with E-state index in [1.54, 1.807) is 20.8 Å². The molecule has 3 N–H and O–H groups in total. The van der Waals surface area contributed by atoms with Crippen LogP contribution in [0.25, 0.3) is 11.1 Å². The fraction of sp³-hybridized carbons (Fsp3) is 0.379. The molecule has 214 valence electrons. The lowest BCUT2D eigenvalue weighted by atomic mass is 9.98. The van der Waals surface area contributed by atoms with Gasteiger partial charge in [-0.2, -0.15) is 11.8 Å². The molecule has 2 aromatic rings. The first-order valence-corrected chi connectivity index (χ1v) is 13.8. The van der Waals surface area contributed by atoms with Crippen LogP contribution < -0.4 is 10.6 Å². The van der Waals surface area contributed by atoms with Gasteiger partial charge in [0.15, 0.2) is 0 Å². The first-order valence-electron chi connectivity index (χ1n) is 12.7. The van der Waals surface area contributed by atoms with Crippen molar-refractivity contribution in [1.82, 2.24) is 10.6 Å². The van der Waals surface area contributed by atoms with E-state index in [2.05, 4.69) is 17.2 Å². The number of aliphatic carboxylic acids is 1. The van der Waals surface area contributed by atoms with Crippen molar-refractivity contribution < 1.29 is 38.5 Å². The SMILES string of the molecule is C=CCOC(=O)[C@@H](CSC[C@H](NC(=O)OCC1c2ccccc2-c2ccccc21)C(=O)O)NC(=O)OC(C)(C)C. The number of fused-ring (bicyclic) bond motifs is 3. The predicted molar refractivity (Wildman–Crippen MR) is 151 cm³/mol. The second-order valence-electron chi connectivity index (χ2n) is 10.0. The van der Waals surface area contributed by atoms with Crippen molar-refractivity contribution >= 4 is 35.9 Å². The van der Waals surface area contributed by atoms with Gasteiger partial charge in [0.05, 0.1) is 0 Å². The smallest absolute Gasteiger partial charge is 0.408 e. The van der Waals surface area contributed by atoms with Crippen LogP contribution in [-0.2, 0) is 23.8 Å². The Kier molecular flexibility index (Phi) is 10.6. The lowest BCUT2D eigenvalue weighted by Crippen LogP contribution is -2.47. The molecule has 0 bridgehead atoms. The zero-order chi connectivity index (χ0) is 29.3. The number of thioether (sulfide) groups is 1. The first kappa shape index (κ1) is 30.6. The van der Waals surface area contributed by atoms with Crippen LogP contribution in [0.15, 0.2) is 61.2 Å². The maximum absolute atomic E-state index is 12.6. The van der Waals surface area contributed by atoms with Crippen LogP contribution in [0.4, 0.5) is 9.59 Å². The Bertz CT molecular complexity index is 1200. The molecule has 0 saturated carbocycles. The highest BCUT2D eigenvalue weighted by molar-refractivity contribution is 7.99. The van der Waals surface area contributed by atoms with E-state index >= 15 is 0 Å². The Balaban J connectivity index is 1.56. The average Bonchev–Trinajstić information content (AvgIpc) is 3.21. The van der Waals surface area contributed by atoms with Gasteiger partial charge in [-0.15, -0.1) is 0 Å². The fourth-order valence-electron chi connectivity index (χ4n) is 4.12. The lowest BCUT2D eigenvalue weighted by Gasteiger charge is -2.23. The van der Waals surface area contributed by atoms with Crippen molar-refractivity contribution in [2.45, 2.75) is 44.4 Å². The van der Waals surface area contributed by atoms with Gasteiger partial charge in [0.25, 0.3) is 0 Å². The monoisotopic (exact) mass is 570 g/mol. The summed E-state index contributed by atoms with van der Waals surface area (Å²) in [5, 5.41) is 14.5. The molecule has 1 aliphatic rings. The highest BCUT2D eigenvalue weighted by atomic mass is 32.2. The van der Waals surface area contributed by atoms with Crippen molar-refractivity contribution in [2.24, 2.45) is 0 Å². The van der Waals surface area contributed by atoms with Gasteiger partial charge in [-0.25, -0.2) is 19.2 Å². The summed E-state index contributed by atoms with van der Waals surface area (Å²) >= 11 is 1.04. The number of alkyl carbamates (subject to hydrolysis) is 2. The third-order valence-electron chi connectivity index (χ3n) is 5.82. The number of carbonyl (C=O) groups is 4. The first-order chi connectivity index (χ1) is 19.0. The molecule has 2 aromatic carbocycles. The summed E-state index contributed by atoms with van der Waals surface area (Å²) in [5.74, 6) is -2.29. The number of carboxylic acids is 1. The van der Waals surface area contributed by atoms with Gasteiger partial charge in [0.1, 0.15) is 30.9 Å². The number of nitrogens with one attached hydrogen (secondary N) is 2. The molecule has 2 amide bonds. The number of esters is 1. The molecule has 3 rings (SSSR count). The van der Waals surface area contributed by atoms with E-state index in [4.69, 9.17) is 14.2 Å². The van der Waals surface area contributed by atoms with Gasteiger partial charge in [-0.1, -0.05) is 61.2 Å². The van der Waals surface area contributed by atoms with Crippen molar-refractivity contribution in [1.29, 1.82) is 0 Å². The molecule has 0 spiro atoms. The van der Waals surface area contributed by atoms with Gasteiger partial charge in [-0.05, 0) is 43.0 Å². The van der Waals surface area contributed by atoms with Crippen molar-refractivity contribution in [2.75, 3.05) is 24.7 Å². The van der Waals surface area contributed by atoms with Crippen molar-refractivity contribution in [3.05, 3.63) is 72.3 Å². The molecule has 0 radical (unpaired) electrons. The van der Waals surface area contributed by atoms with Gasteiger partial charge in [0, 0.05) is 17.4 Å². The summed E-state index contributed by atoms with van der Waals surface area (Å²) in [5.41, 5.74) is 3.44. The van der Waals surface area contributed by atoms with E-state index in [1.807, 2.05) is 48.5 Å². The minimum Gasteiger partial charge on any atom is -0.480 e. The molecule has 0 aromatic heterocycles. The molecule has 0 saturated heterocycles. The summed E-state index contributed by atoms with van der Waals surface area (Å²) in [6.45, 7) is 8.50. The molecule has 40 heavy (non-hydrogen) atoms. The van der Waals surface area contributed by atoms with Crippen LogP contribution in [-0.4, -0.2) is 71.6 Å². The average molecular weight is 571 g/mol. The van der Waals surface area contributed by atoms with E-state index in [9.17, 15) is 24.3 Å². The molecule has 0 fully saturated rings. The fourth-order valence-corrected chi connectivity index (χ4v) is 5.17. The number of benzene rings is 2. The van der Waals surface area contributed by atoms with Crippen LogP contribution >= 0.6 is 11.8 Å². The van der Waals surface area contributed by atoms with Gasteiger partial charge in [-0.3, -0.25) is 0 Å². The molecular formula is C29H34N2O8S. The highest BCUT2D eigenvalue weighted by Crippen LogP contribution is 2.44. The van der Waals surface area contributed by atoms with E-state index in [-0.39, 0.29) is 30.6 Å². The summed E-state index contributed by atoms with van der Waals surface area (Å²) in [4.78, 5) is 49.0. The van der Waals surface area contributed by atoms with E-state index in [0.29, 0.717) is 0 Å². The summed E-state index contributed by atoms with van der Waals surface area (Å²) in [6.07, 6.45) is -0.308. The zero-order valence-electron chi connectivity index (χ0n) is 22.7. The third kappa shape index (κ3) is 8.51. The minimum absolute atomic E-state index is 0.0225. The second-order valence-corrected chi connectivity index (χ2v) is 11.1. The molecule has 0 heterocycles. The van der Waals surface area contributed by atoms with Gasteiger partial charge >= 0.3 is 24.1 Å². The Morgan fingerprint density at radius 3 is 2.02 bits per heavy atom. The van der Waals surface area contributed by atoms with E-state index < -0.39 is 41.8 Å². The number of rotatable bonds is 12. The maximum atomic E-state index is 12.6. The topological polar surface area (TPSA) is 140 Å². The molecule has 2 atom stereocenters. The summed E-state index contributed by atoms with van der Waals surface area (Å²) in [7, 11) is 0. The summed E-state index contributed by atoms with van der Waals surface area (Å²) in [6, 6.07) is 13.4. The largest absolute Gasteiger partial charge is 0.480 e. The number of hydrogen-bond acceptors (Lipinski definition) is 8. The highest BCUT2D eigenvalue weighted by Gasteiger charge is 2.30. The molecule has 0 unspecified atom stereocenters. The second kappa shape index (κ2) is 13.9. The number of ether oxygens (including phenoxy) is 3. The number of hydrogen-bond donors (Lipinski definition) is 3. The van der Waals surface area contributed by atoms with Crippen LogP contribution in [0, 0.1) is 0 Å². The minimum atomic E-state index is -1.30. The standard InChI is InChI=1S/C29H34N2O8S/c1-5-14-37-26(34)24(31-28(36)39-29(2,3)4)17-40-16-23(25(32)33)30-27(35)38-15-22-20-12-8-6-10-18(20)19-11-7-9-13-21(19)22/h5-13,22-24H,1,14-17H2,2-4H3,(H,30,35)(H,31,36)(H,32,33)/t23-,24+/m0/s1. The van der Waals surface area contributed by atoms with Crippen LogP contribution in [0.5, 0.6) is 0 Å². The van der Waals surface area contributed by atoms with E-state index in [1.165, 1.54) is 6.08 Å². The van der Waals surface area contributed by atoms with Crippen molar-refractivity contribution in [3.63, 3.8) is 0 Å². The number of carboxylic acid groups (broad SMARTS) is 1.